The first kappa shape index (κ1) is 6.93. The minimum Gasteiger partial charge on any atom is -0.287 e. The Morgan fingerprint density at radius 2 is 2.33 bits per heavy atom. The fourth-order valence-electron chi connectivity index (χ4n) is 0.504. The van der Waals surface area contributed by atoms with Gasteiger partial charge in [0.15, 0.2) is 5.50 Å². The van der Waals surface area contributed by atoms with Crippen LogP contribution in [0.15, 0.2) is 23.4 Å². The molecule has 1 unspecified atom stereocenters. The summed E-state index contributed by atoms with van der Waals surface area (Å²) < 4.78 is 0. The third-order valence-corrected chi connectivity index (χ3v) is 1.83. The predicted octanol–water partition coefficient (Wildman–Crippen LogP) is 1.89. The summed E-state index contributed by atoms with van der Waals surface area (Å²) in [6.07, 6.45) is 4.68. The van der Waals surface area contributed by atoms with Crippen molar-refractivity contribution in [3.05, 3.63) is 23.4 Å². The van der Waals surface area contributed by atoms with Crippen LogP contribution < -0.4 is 0 Å². The molecule has 1 aliphatic heterocycles. The van der Waals surface area contributed by atoms with Crippen LogP contribution in [0.1, 0.15) is 0 Å². The number of hydroxylamine groups is 2. The first-order valence-corrected chi connectivity index (χ1v) is 3.18. The van der Waals surface area contributed by atoms with E-state index in [0.717, 1.165) is 5.06 Å². The first-order chi connectivity index (χ1) is 4.22. The van der Waals surface area contributed by atoms with Gasteiger partial charge in [-0.1, -0.05) is 23.2 Å². The van der Waals surface area contributed by atoms with E-state index in [9.17, 15) is 0 Å². The number of halogens is 2. The number of alkyl halides is 1. The highest BCUT2D eigenvalue weighted by Gasteiger charge is 2.15. The zero-order valence-corrected chi connectivity index (χ0v) is 5.97. The van der Waals surface area contributed by atoms with Gasteiger partial charge in [0.2, 0.25) is 0 Å². The lowest BCUT2D eigenvalue weighted by molar-refractivity contribution is -0.0441. The average Bonchev–Trinajstić information content (AvgIpc) is 1.83. The quantitative estimate of drug-likeness (QED) is 0.438. The summed E-state index contributed by atoms with van der Waals surface area (Å²) in [4.78, 5) is 0. The lowest BCUT2D eigenvalue weighted by atomic mass is 10.4. The van der Waals surface area contributed by atoms with Crippen LogP contribution in [0, 0.1) is 0 Å². The number of hydrogen-bond donors (Lipinski definition) is 1. The largest absolute Gasteiger partial charge is 0.287 e. The van der Waals surface area contributed by atoms with E-state index in [-0.39, 0.29) is 0 Å². The van der Waals surface area contributed by atoms with Crippen molar-refractivity contribution in [2.45, 2.75) is 5.50 Å². The molecule has 1 atom stereocenters. The Labute approximate surface area is 62.9 Å². The SMILES string of the molecule is ON1C=CC=C(Cl)C1Cl. The van der Waals surface area contributed by atoms with Gasteiger partial charge in [-0.25, -0.2) is 5.06 Å². The molecule has 0 aromatic heterocycles. The molecule has 1 aliphatic rings. The molecule has 1 heterocycles. The highest BCUT2D eigenvalue weighted by Crippen LogP contribution is 2.20. The van der Waals surface area contributed by atoms with Gasteiger partial charge in [-0.05, 0) is 12.2 Å². The molecular formula is C5H5Cl2NO. The predicted molar refractivity (Wildman–Crippen MR) is 36.3 cm³/mol. The number of allylic oxidation sites excluding steroid dienone is 2. The van der Waals surface area contributed by atoms with Crippen molar-refractivity contribution in [3.63, 3.8) is 0 Å². The highest BCUT2D eigenvalue weighted by molar-refractivity contribution is 6.37. The van der Waals surface area contributed by atoms with Gasteiger partial charge in [-0.2, -0.15) is 0 Å². The van der Waals surface area contributed by atoms with Gasteiger partial charge in [0.25, 0.3) is 0 Å². The average molecular weight is 166 g/mol. The maximum Gasteiger partial charge on any atom is 0.164 e. The Morgan fingerprint density at radius 1 is 1.67 bits per heavy atom. The Bertz CT molecular complexity index is 166. The number of hydrogen-bond acceptors (Lipinski definition) is 2. The lowest BCUT2D eigenvalue weighted by Crippen LogP contribution is -2.23. The topological polar surface area (TPSA) is 23.5 Å². The van der Waals surface area contributed by atoms with Crippen LogP contribution in [0.5, 0.6) is 0 Å². The maximum absolute atomic E-state index is 8.84. The smallest absolute Gasteiger partial charge is 0.164 e. The van der Waals surface area contributed by atoms with E-state index >= 15 is 0 Å². The molecule has 50 valence electrons. The molecule has 0 saturated carbocycles. The minimum absolute atomic E-state index is 0.418. The second-order valence-electron chi connectivity index (χ2n) is 1.61. The third kappa shape index (κ3) is 1.39. The van der Waals surface area contributed by atoms with Crippen molar-refractivity contribution in [2.75, 3.05) is 0 Å². The van der Waals surface area contributed by atoms with Crippen molar-refractivity contribution in [2.24, 2.45) is 0 Å². The molecule has 0 amide bonds. The molecule has 0 radical (unpaired) electrons. The van der Waals surface area contributed by atoms with Crippen molar-refractivity contribution >= 4 is 23.2 Å². The molecule has 0 saturated heterocycles. The van der Waals surface area contributed by atoms with E-state index in [1.807, 2.05) is 0 Å². The van der Waals surface area contributed by atoms with Crippen molar-refractivity contribution < 1.29 is 5.21 Å². The van der Waals surface area contributed by atoms with Crippen LogP contribution in [0.4, 0.5) is 0 Å². The van der Waals surface area contributed by atoms with E-state index in [1.165, 1.54) is 6.20 Å². The maximum atomic E-state index is 8.84. The van der Waals surface area contributed by atoms with Gasteiger partial charge >= 0.3 is 0 Å². The molecule has 0 fully saturated rings. The van der Waals surface area contributed by atoms with Gasteiger partial charge in [0, 0.05) is 6.20 Å². The molecule has 1 N–H and O–H groups in total. The molecule has 4 heteroatoms. The van der Waals surface area contributed by atoms with E-state index in [2.05, 4.69) is 0 Å². The molecule has 1 rings (SSSR count). The third-order valence-electron chi connectivity index (χ3n) is 0.954. The van der Waals surface area contributed by atoms with Gasteiger partial charge in [-0.3, -0.25) is 5.21 Å². The molecular weight excluding hydrogens is 161 g/mol. The summed E-state index contributed by atoms with van der Waals surface area (Å²) in [5, 5.41) is 10.1. The highest BCUT2D eigenvalue weighted by atomic mass is 35.5. The Morgan fingerprint density at radius 3 is 2.78 bits per heavy atom. The fourth-order valence-corrected chi connectivity index (χ4v) is 0.815. The molecule has 2 nitrogen and oxygen atoms in total. The molecule has 0 spiro atoms. The lowest BCUT2D eigenvalue weighted by Gasteiger charge is -2.20. The summed E-state index contributed by atoms with van der Waals surface area (Å²) in [6.45, 7) is 0. The first-order valence-electron chi connectivity index (χ1n) is 2.37. The Kier molecular flexibility index (Phi) is 2.01. The summed E-state index contributed by atoms with van der Waals surface area (Å²) in [5.74, 6) is 0. The van der Waals surface area contributed by atoms with E-state index in [0.29, 0.717) is 5.03 Å². The summed E-state index contributed by atoms with van der Waals surface area (Å²) in [7, 11) is 0. The minimum atomic E-state index is -0.628. The Hall–Kier alpha value is -0.180. The number of nitrogens with zero attached hydrogens (tertiary/aromatic N) is 1. The molecule has 0 aliphatic carbocycles. The van der Waals surface area contributed by atoms with Gasteiger partial charge in [-0.15, -0.1) is 0 Å². The second kappa shape index (κ2) is 2.60. The Balaban J connectivity index is 2.73. The summed E-state index contributed by atoms with van der Waals surface area (Å²) in [5.41, 5.74) is -0.628. The van der Waals surface area contributed by atoms with Gasteiger partial charge in [0.1, 0.15) is 0 Å². The van der Waals surface area contributed by atoms with Crippen LogP contribution in [-0.2, 0) is 0 Å². The van der Waals surface area contributed by atoms with E-state index in [1.54, 1.807) is 12.2 Å². The summed E-state index contributed by atoms with van der Waals surface area (Å²) in [6, 6.07) is 0. The monoisotopic (exact) mass is 165 g/mol. The molecule has 0 aromatic carbocycles. The molecule has 9 heavy (non-hydrogen) atoms. The molecule has 0 bridgehead atoms. The van der Waals surface area contributed by atoms with Gasteiger partial charge < -0.3 is 0 Å². The van der Waals surface area contributed by atoms with E-state index in [4.69, 9.17) is 28.4 Å². The van der Waals surface area contributed by atoms with Crippen LogP contribution in [0.25, 0.3) is 0 Å². The van der Waals surface area contributed by atoms with Crippen molar-refractivity contribution in [1.82, 2.24) is 5.06 Å². The van der Waals surface area contributed by atoms with Crippen molar-refractivity contribution in [1.29, 1.82) is 0 Å². The standard InChI is InChI=1S/C5H5Cl2NO/c6-4-2-1-3-8(9)5(4)7/h1-3,5,9H. The van der Waals surface area contributed by atoms with E-state index < -0.39 is 5.50 Å². The second-order valence-corrected chi connectivity index (χ2v) is 2.46. The normalized spacial score (nSPS) is 26.3. The van der Waals surface area contributed by atoms with Crippen LogP contribution >= 0.6 is 23.2 Å². The van der Waals surface area contributed by atoms with Gasteiger partial charge in [0.05, 0.1) is 5.03 Å². The fraction of sp³-hybridized carbons (Fsp3) is 0.200. The zero-order chi connectivity index (χ0) is 6.85. The van der Waals surface area contributed by atoms with Crippen LogP contribution in [-0.4, -0.2) is 15.8 Å². The van der Waals surface area contributed by atoms with Crippen LogP contribution in [0.2, 0.25) is 0 Å². The van der Waals surface area contributed by atoms with Crippen molar-refractivity contribution in [3.8, 4) is 0 Å². The number of rotatable bonds is 0. The summed E-state index contributed by atoms with van der Waals surface area (Å²) >= 11 is 11.1. The zero-order valence-electron chi connectivity index (χ0n) is 4.46. The van der Waals surface area contributed by atoms with Crippen LogP contribution in [0.3, 0.4) is 0 Å². The molecule has 0 aromatic rings.